The number of nitrogens with zero attached hydrogens (tertiary/aromatic N) is 2. The van der Waals surface area contributed by atoms with Gasteiger partial charge in [-0.2, -0.15) is 5.10 Å². The molecule has 0 radical (unpaired) electrons. The van der Waals surface area contributed by atoms with Crippen LogP contribution in [0.5, 0.6) is 0 Å². The number of carboxylic acid groups (broad SMARTS) is 1. The fourth-order valence-electron chi connectivity index (χ4n) is 1.46. The molecule has 0 saturated heterocycles. The molecule has 0 spiro atoms. The van der Waals surface area contributed by atoms with E-state index in [1.165, 1.54) is 0 Å². The third kappa shape index (κ3) is 3.66. The first kappa shape index (κ1) is 12.7. The van der Waals surface area contributed by atoms with Gasteiger partial charge in [0.15, 0.2) is 0 Å². The second-order valence-electron chi connectivity index (χ2n) is 4.46. The summed E-state index contributed by atoms with van der Waals surface area (Å²) in [6.45, 7) is 4.35. The number of rotatable bonds is 6. The zero-order valence-corrected chi connectivity index (χ0v) is 9.81. The van der Waals surface area contributed by atoms with Gasteiger partial charge in [-0.25, -0.2) is 0 Å². The Hall–Kier alpha value is -1.36. The first-order chi connectivity index (χ1) is 7.42. The van der Waals surface area contributed by atoms with Gasteiger partial charge >= 0.3 is 5.97 Å². The van der Waals surface area contributed by atoms with E-state index in [0.29, 0.717) is 6.42 Å². The van der Waals surface area contributed by atoms with E-state index in [1.807, 2.05) is 24.0 Å². The van der Waals surface area contributed by atoms with Crippen LogP contribution in [0.2, 0.25) is 0 Å². The van der Waals surface area contributed by atoms with Gasteiger partial charge in [0.2, 0.25) is 0 Å². The fraction of sp³-hybridized carbons (Fsp3) is 0.636. The maximum Gasteiger partial charge on any atom is 0.323 e. The Labute approximate surface area is 95.3 Å². The van der Waals surface area contributed by atoms with Crippen LogP contribution in [0.3, 0.4) is 0 Å². The molecule has 90 valence electrons. The summed E-state index contributed by atoms with van der Waals surface area (Å²) in [6, 6.07) is 0. The zero-order valence-electron chi connectivity index (χ0n) is 9.81. The van der Waals surface area contributed by atoms with Crippen LogP contribution in [-0.2, 0) is 11.3 Å². The third-order valence-electron chi connectivity index (χ3n) is 2.58. The summed E-state index contributed by atoms with van der Waals surface area (Å²) in [7, 11) is 0. The van der Waals surface area contributed by atoms with E-state index in [2.05, 4.69) is 5.10 Å². The quantitative estimate of drug-likeness (QED) is 0.712. The molecular formula is C11H19N3O2. The average molecular weight is 225 g/mol. The smallest absolute Gasteiger partial charge is 0.323 e. The summed E-state index contributed by atoms with van der Waals surface area (Å²) in [5.74, 6) is -0.942. The molecule has 1 aromatic heterocycles. The summed E-state index contributed by atoms with van der Waals surface area (Å²) >= 11 is 0. The lowest BCUT2D eigenvalue weighted by Gasteiger charge is -2.18. The predicted octanol–water partition coefficient (Wildman–Crippen LogP) is 1.16. The van der Waals surface area contributed by atoms with Crippen LogP contribution in [0.15, 0.2) is 12.4 Å². The van der Waals surface area contributed by atoms with Crippen LogP contribution in [-0.4, -0.2) is 26.4 Å². The van der Waals surface area contributed by atoms with Crippen molar-refractivity contribution in [3.8, 4) is 0 Å². The molecule has 1 atom stereocenters. The molecule has 1 unspecified atom stereocenters. The largest absolute Gasteiger partial charge is 0.480 e. The number of unbranched alkanes of at least 4 members (excludes halogenated alkanes) is 1. The summed E-state index contributed by atoms with van der Waals surface area (Å²) < 4.78 is 1.87. The van der Waals surface area contributed by atoms with Crippen molar-refractivity contribution in [2.75, 3.05) is 0 Å². The lowest BCUT2D eigenvalue weighted by Crippen LogP contribution is -2.44. The third-order valence-corrected chi connectivity index (χ3v) is 2.58. The van der Waals surface area contributed by atoms with Crippen molar-refractivity contribution in [3.05, 3.63) is 18.0 Å². The topological polar surface area (TPSA) is 81.1 Å². The van der Waals surface area contributed by atoms with Crippen molar-refractivity contribution < 1.29 is 9.90 Å². The molecule has 0 aliphatic carbocycles. The maximum absolute atomic E-state index is 10.7. The Morgan fingerprint density at radius 2 is 2.31 bits per heavy atom. The van der Waals surface area contributed by atoms with E-state index < -0.39 is 11.5 Å². The molecule has 0 saturated carbocycles. The zero-order chi connectivity index (χ0) is 12.2. The molecule has 5 nitrogen and oxygen atoms in total. The van der Waals surface area contributed by atoms with E-state index in [4.69, 9.17) is 10.8 Å². The summed E-state index contributed by atoms with van der Waals surface area (Å²) in [6.07, 6.45) is 5.95. The number of aromatic nitrogens is 2. The minimum atomic E-state index is -1.11. The highest BCUT2D eigenvalue weighted by Crippen LogP contribution is 2.11. The molecule has 1 aromatic rings. The van der Waals surface area contributed by atoms with Crippen molar-refractivity contribution in [2.24, 2.45) is 5.73 Å². The van der Waals surface area contributed by atoms with Crippen molar-refractivity contribution in [1.82, 2.24) is 9.78 Å². The summed E-state index contributed by atoms with van der Waals surface area (Å²) in [5, 5.41) is 13.0. The Balaban J connectivity index is 2.24. The van der Waals surface area contributed by atoms with Gasteiger partial charge in [-0.15, -0.1) is 0 Å². The maximum atomic E-state index is 10.7. The first-order valence-electron chi connectivity index (χ1n) is 5.43. The van der Waals surface area contributed by atoms with Gasteiger partial charge in [0.05, 0.1) is 6.20 Å². The minimum absolute atomic E-state index is 0.489. The second-order valence-corrected chi connectivity index (χ2v) is 4.46. The average Bonchev–Trinajstić information content (AvgIpc) is 2.59. The molecule has 0 aliphatic heterocycles. The lowest BCUT2D eigenvalue weighted by molar-refractivity contribution is -0.142. The van der Waals surface area contributed by atoms with Crippen LogP contribution in [0.4, 0.5) is 0 Å². The van der Waals surface area contributed by atoms with Gasteiger partial charge in [0.25, 0.3) is 0 Å². The van der Waals surface area contributed by atoms with E-state index in [9.17, 15) is 4.79 Å². The van der Waals surface area contributed by atoms with Crippen LogP contribution in [0.1, 0.15) is 31.7 Å². The molecule has 0 bridgehead atoms. The first-order valence-corrected chi connectivity index (χ1v) is 5.43. The Kier molecular flexibility index (Phi) is 4.06. The number of nitrogens with two attached hydrogens (primary N) is 1. The highest BCUT2D eigenvalue weighted by atomic mass is 16.4. The second kappa shape index (κ2) is 5.12. The number of hydrogen-bond acceptors (Lipinski definition) is 3. The van der Waals surface area contributed by atoms with E-state index >= 15 is 0 Å². The number of aliphatic carboxylic acids is 1. The summed E-state index contributed by atoms with van der Waals surface area (Å²) in [4.78, 5) is 10.7. The van der Waals surface area contributed by atoms with Crippen LogP contribution in [0.25, 0.3) is 0 Å². The SMILES string of the molecule is Cc1cnn(CCCCC(C)(N)C(=O)O)c1. The van der Waals surface area contributed by atoms with Gasteiger partial charge in [0.1, 0.15) is 5.54 Å². The lowest BCUT2D eigenvalue weighted by atomic mass is 9.96. The number of hydrogen-bond donors (Lipinski definition) is 2. The van der Waals surface area contributed by atoms with E-state index in [-0.39, 0.29) is 0 Å². The molecule has 0 amide bonds. The van der Waals surface area contributed by atoms with Crippen molar-refractivity contribution in [3.63, 3.8) is 0 Å². The van der Waals surface area contributed by atoms with Crippen LogP contribution < -0.4 is 5.73 Å². The monoisotopic (exact) mass is 225 g/mol. The molecule has 1 rings (SSSR count). The molecule has 0 aliphatic rings. The van der Waals surface area contributed by atoms with Crippen molar-refractivity contribution in [1.29, 1.82) is 0 Å². The van der Waals surface area contributed by atoms with Crippen LogP contribution in [0, 0.1) is 6.92 Å². The fourth-order valence-corrected chi connectivity index (χ4v) is 1.46. The van der Waals surface area contributed by atoms with E-state index in [1.54, 1.807) is 6.92 Å². The van der Waals surface area contributed by atoms with Gasteiger partial charge in [-0.05, 0) is 38.7 Å². The highest BCUT2D eigenvalue weighted by Gasteiger charge is 2.26. The number of aryl methyl sites for hydroxylation is 2. The molecule has 0 aromatic carbocycles. The molecule has 1 heterocycles. The normalized spacial score (nSPS) is 14.7. The molecule has 16 heavy (non-hydrogen) atoms. The molecular weight excluding hydrogens is 206 g/mol. The minimum Gasteiger partial charge on any atom is -0.480 e. The highest BCUT2D eigenvalue weighted by molar-refractivity contribution is 5.77. The van der Waals surface area contributed by atoms with Crippen molar-refractivity contribution >= 4 is 5.97 Å². The Bertz CT molecular complexity index is 358. The van der Waals surface area contributed by atoms with Crippen LogP contribution >= 0.6 is 0 Å². The van der Waals surface area contributed by atoms with Gasteiger partial charge in [0, 0.05) is 12.7 Å². The van der Waals surface area contributed by atoms with Gasteiger partial charge in [-0.1, -0.05) is 0 Å². The predicted molar refractivity (Wildman–Crippen MR) is 61.0 cm³/mol. The molecule has 5 heteroatoms. The molecule has 0 fully saturated rings. The standard InChI is InChI=1S/C11H19N3O2/c1-9-7-13-14(8-9)6-4-3-5-11(2,12)10(15)16/h7-8H,3-6,12H2,1-2H3,(H,15,16). The van der Waals surface area contributed by atoms with Crippen molar-refractivity contribution in [2.45, 2.75) is 45.2 Å². The Morgan fingerprint density at radius 3 is 2.81 bits per heavy atom. The van der Waals surface area contributed by atoms with Gasteiger partial charge in [-0.3, -0.25) is 9.48 Å². The molecule has 3 N–H and O–H groups in total. The number of carboxylic acids is 1. The Morgan fingerprint density at radius 1 is 1.62 bits per heavy atom. The number of carbonyl (C=O) groups is 1. The van der Waals surface area contributed by atoms with E-state index in [0.717, 1.165) is 24.9 Å². The van der Waals surface area contributed by atoms with Gasteiger partial charge < -0.3 is 10.8 Å². The summed E-state index contributed by atoms with van der Waals surface area (Å²) in [5.41, 5.74) is 5.64.